The first kappa shape index (κ1) is 16.3. The van der Waals surface area contributed by atoms with Crippen LogP contribution in [0.1, 0.15) is 64.9 Å². The monoisotopic (exact) mass is 281 g/mol. The SMILES string of the molecule is CCCNc1cc(C(C)C)nc(CSC(C)CC)n1. The van der Waals surface area contributed by atoms with E-state index in [-0.39, 0.29) is 0 Å². The molecule has 1 aromatic heterocycles. The molecule has 0 radical (unpaired) electrons. The Morgan fingerprint density at radius 1 is 1.21 bits per heavy atom. The summed E-state index contributed by atoms with van der Waals surface area (Å²) in [5, 5.41) is 4.04. The fraction of sp³-hybridized carbons (Fsp3) is 0.733. The van der Waals surface area contributed by atoms with Gasteiger partial charge in [0.2, 0.25) is 0 Å². The topological polar surface area (TPSA) is 37.8 Å². The van der Waals surface area contributed by atoms with Crippen molar-refractivity contribution in [1.29, 1.82) is 0 Å². The number of thioether (sulfide) groups is 1. The van der Waals surface area contributed by atoms with E-state index in [4.69, 9.17) is 0 Å². The van der Waals surface area contributed by atoms with Gasteiger partial charge in [0.1, 0.15) is 11.6 Å². The van der Waals surface area contributed by atoms with E-state index in [1.807, 2.05) is 11.8 Å². The average molecular weight is 281 g/mol. The molecular weight excluding hydrogens is 254 g/mol. The van der Waals surface area contributed by atoms with Gasteiger partial charge in [0, 0.05) is 23.6 Å². The molecule has 0 bridgehead atoms. The van der Waals surface area contributed by atoms with Crippen molar-refractivity contribution in [3.8, 4) is 0 Å². The Kier molecular flexibility index (Phi) is 7.21. The molecule has 0 fully saturated rings. The predicted molar refractivity (Wildman–Crippen MR) is 85.9 cm³/mol. The number of anilines is 1. The smallest absolute Gasteiger partial charge is 0.140 e. The van der Waals surface area contributed by atoms with Crippen molar-refractivity contribution in [3.63, 3.8) is 0 Å². The van der Waals surface area contributed by atoms with E-state index >= 15 is 0 Å². The minimum Gasteiger partial charge on any atom is -0.370 e. The van der Waals surface area contributed by atoms with Gasteiger partial charge in [0.25, 0.3) is 0 Å². The van der Waals surface area contributed by atoms with E-state index in [1.165, 1.54) is 6.42 Å². The van der Waals surface area contributed by atoms with Gasteiger partial charge in [-0.05, 0) is 18.8 Å². The standard InChI is InChI=1S/C15H27N3S/c1-6-8-16-14-9-13(11(3)4)17-15(18-14)10-19-12(5)7-2/h9,11-12H,6-8,10H2,1-5H3,(H,16,17,18). The largest absolute Gasteiger partial charge is 0.370 e. The number of nitrogens with zero attached hydrogens (tertiary/aromatic N) is 2. The summed E-state index contributed by atoms with van der Waals surface area (Å²) in [5.74, 6) is 3.27. The molecule has 1 aromatic rings. The molecule has 1 unspecified atom stereocenters. The molecule has 1 atom stereocenters. The Bertz CT molecular complexity index is 380. The summed E-state index contributed by atoms with van der Waals surface area (Å²) in [6.45, 7) is 12.0. The van der Waals surface area contributed by atoms with Crippen molar-refractivity contribution < 1.29 is 0 Å². The van der Waals surface area contributed by atoms with Crippen molar-refractivity contribution in [2.24, 2.45) is 0 Å². The molecule has 1 rings (SSSR count). The lowest BCUT2D eigenvalue weighted by atomic mass is 10.1. The molecule has 3 nitrogen and oxygen atoms in total. The molecule has 19 heavy (non-hydrogen) atoms. The summed E-state index contributed by atoms with van der Waals surface area (Å²) < 4.78 is 0. The van der Waals surface area contributed by atoms with Crippen molar-refractivity contribution in [3.05, 3.63) is 17.6 Å². The molecular formula is C15H27N3S. The van der Waals surface area contributed by atoms with Crippen LogP contribution in [0.5, 0.6) is 0 Å². The van der Waals surface area contributed by atoms with E-state index in [0.29, 0.717) is 11.2 Å². The van der Waals surface area contributed by atoms with Crippen LogP contribution in [0.2, 0.25) is 0 Å². The van der Waals surface area contributed by atoms with Crippen LogP contribution in [0.4, 0.5) is 5.82 Å². The van der Waals surface area contributed by atoms with Gasteiger partial charge < -0.3 is 5.32 Å². The maximum atomic E-state index is 4.68. The molecule has 0 saturated heterocycles. The highest BCUT2D eigenvalue weighted by atomic mass is 32.2. The highest BCUT2D eigenvalue weighted by molar-refractivity contribution is 7.99. The lowest BCUT2D eigenvalue weighted by Gasteiger charge is -2.12. The molecule has 0 amide bonds. The van der Waals surface area contributed by atoms with Crippen LogP contribution in [0.15, 0.2) is 6.07 Å². The molecule has 0 aliphatic rings. The van der Waals surface area contributed by atoms with E-state index in [9.17, 15) is 0 Å². The maximum absolute atomic E-state index is 4.68. The molecule has 1 N–H and O–H groups in total. The van der Waals surface area contributed by atoms with Crippen molar-refractivity contribution >= 4 is 17.6 Å². The first-order chi connectivity index (χ1) is 9.06. The van der Waals surface area contributed by atoms with Crippen molar-refractivity contribution in [1.82, 2.24) is 9.97 Å². The van der Waals surface area contributed by atoms with Gasteiger partial charge in [0.15, 0.2) is 0 Å². The summed E-state index contributed by atoms with van der Waals surface area (Å²) in [4.78, 5) is 9.29. The van der Waals surface area contributed by atoms with Gasteiger partial charge >= 0.3 is 0 Å². The number of rotatable bonds is 8. The minimum absolute atomic E-state index is 0.442. The zero-order valence-electron chi connectivity index (χ0n) is 12.9. The molecule has 0 aliphatic carbocycles. The van der Waals surface area contributed by atoms with Crippen LogP contribution in [0.25, 0.3) is 0 Å². The highest BCUT2D eigenvalue weighted by Gasteiger charge is 2.09. The van der Waals surface area contributed by atoms with Gasteiger partial charge in [-0.25, -0.2) is 9.97 Å². The Balaban J connectivity index is 2.80. The highest BCUT2D eigenvalue weighted by Crippen LogP contribution is 2.21. The fourth-order valence-corrected chi connectivity index (χ4v) is 2.35. The predicted octanol–water partition coefficient (Wildman–Crippen LogP) is 4.45. The summed E-state index contributed by atoms with van der Waals surface area (Å²) in [6, 6.07) is 2.08. The second kappa shape index (κ2) is 8.41. The lowest BCUT2D eigenvalue weighted by molar-refractivity contribution is 0.797. The van der Waals surface area contributed by atoms with Crippen LogP contribution >= 0.6 is 11.8 Å². The van der Waals surface area contributed by atoms with E-state index in [2.05, 4.69) is 56.0 Å². The summed E-state index contributed by atoms with van der Waals surface area (Å²) in [5.41, 5.74) is 1.13. The second-order valence-corrected chi connectivity index (χ2v) is 6.63. The van der Waals surface area contributed by atoms with E-state index < -0.39 is 0 Å². The van der Waals surface area contributed by atoms with Crippen LogP contribution in [0, 0.1) is 0 Å². The molecule has 4 heteroatoms. The third-order valence-corrected chi connectivity index (χ3v) is 4.34. The third kappa shape index (κ3) is 5.81. The zero-order chi connectivity index (χ0) is 14.3. The minimum atomic E-state index is 0.442. The molecule has 0 saturated carbocycles. The van der Waals surface area contributed by atoms with Gasteiger partial charge in [-0.2, -0.15) is 11.8 Å². The molecule has 0 spiro atoms. The van der Waals surface area contributed by atoms with Crippen LogP contribution < -0.4 is 5.32 Å². The van der Waals surface area contributed by atoms with Crippen molar-refractivity contribution in [2.75, 3.05) is 11.9 Å². The average Bonchev–Trinajstić information content (AvgIpc) is 2.42. The Morgan fingerprint density at radius 2 is 1.95 bits per heavy atom. The Hall–Kier alpha value is -0.770. The van der Waals surface area contributed by atoms with E-state index in [0.717, 1.165) is 36.1 Å². The lowest BCUT2D eigenvalue weighted by Crippen LogP contribution is -2.08. The van der Waals surface area contributed by atoms with Gasteiger partial charge in [-0.15, -0.1) is 0 Å². The van der Waals surface area contributed by atoms with E-state index in [1.54, 1.807) is 0 Å². The third-order valence-electron chi connectivity index (χ3n) is 3.01. The summed E-state index contributed by atoms with van der Waals surface area (Å²) in [6.07, 6.45) is 2.30. The summed E-state index contributed by atoms with van der Waals surface area (Å²) in [7, 11) is 0. The zero-order valence-corrected chi connectivity index (χ0v) is 13.7. The first-order valence-electron chi connectivity index (χ1n) is 7.30. The Morgan fingerprint density at radius 3 is 2.53 bits per heavy atom. The first-order valence-corrected chi connectivity index (χ1v) is 8.35. The quantitative estimate of drug-likeness (QED) is 0.763. The van der Waals surface area contributed by atoms with Gasteiger partial charge in [-0.3, -0.25) is 0 Å². The fourth-order valence-electron chi connectivity index (χ4n) is 1.56. The molecule has 1 heterocycles. The molecule has 108 valence electrons. The van der Waals surface area contributed by atoms with Crippen molar-refractivity contribution in [2.45, 2.75) is 64.4 Å². The Labute approximate surface area is 122 Å². The van der Waals surface area contributed by atoms with Crippen LogP contribution in [-0.2, 0) is 5.75 Å². The normalized spacial score (nSPS) is 12.7. The van der Waals surface area contributed by atoms with Crippen LogP contribution in [-0.4, -0.2) is 21.8 Å². The maximum Gasteiger partial charge on any atom is 0.140 e. The molecule has 0 aliphatic heterocycles. The second-order valence-electron chi connectivity index (χ2n) is 5.21. The number of nitrogens with one attached hydrogen (secondary N) is 1. The van der Waals surface area contributed by atoms with Crippen LogP contribution in [0.3, 0.4) is 0 Å². The number of hydrogen-bond acceptors (Lipinski definition) is 4. The number of hydrogen-bond donors (Lipinski definition) is 1. The molecule has 0 aromatic carbocycles. The van der Waals surface area contributed by atoms with Gasteiger partial charge in [-0.1, -0.05) is 34.6 Å². The summed E-state index contributed by atoms with van der Waals surface area (Å²) >= 11 is 1.93. The number of aromatic nitrogens is 2. The van der Waals surface area contributed by atoms with Gasteiger partial charge in [0.05, 0.1) is 5.75 Å².